The zero-order valence-corrected chi connectivity index (χ0v) is 11.7. The summed E-state index contributed by atoms with van der Waals surface area (Å²) < 4.78 is 13.3. The lowest BCUT2D eigenvalue weighted by atomic mass is 9.97. The number of fused-ring (bicyclic) bond motifs is 1. The van der Waals surface area contributed by atoms with Gasteiger partial charge in [0.2, 0.25) is 0 Å². The summed E-state index contributed by atoms with van der Waals surface area (Å²) in [5, 5.41) is 3.71. The van der Waals surface area contributed by atoms with Gasteiger partial charge in [0, 0.05) is 6.04 Å². The summed E-state index contributed by atoms with van der Waals surface area (Å²) in [6, 6.07) is 7.66. The Morgan fingerprint density at radius 1 is 1.32 bits per heavy atom. The normalized spacial score (nSPS) is 30.1. The number of nitrogens with one attached hydrogen (secondary N) is 1. The van der Waals surface area contributed by atoms with E-state index in [2.05, 4.69) is 18.3 Å². The third-order valence-electron chi connectivity index (χ3n) is 4.94. The summed E-state index contributed by atoms with van der Waals surface area (Å²) in [6.45, 7) is 3.29. The molecule has 1 aromatic rings. The average molecular weight is 261 g/mol. The Morgan fingerprint density at radius 3 is 2.79 bits per heavy atom. The van der Waals surface area contributed by atoms with Gasteiger partial charge in [0.15, 0.2) is 0 Å². The fraction of sp³-hybridized carbons (Fsp3) is 0.647. The van der Waals surface area contributed by atoms with Crippen molar-refractivity contribution in [1.29, 1.82) is 0 Å². The van der Waals surface area contributed by atoms with Gasteiger partial charge in [-0.05, 0) is 67.7 Å². The van der Waals surface area contributed by atoms with Gasteiger partial charge in [-0.25, -0.2) is 4.39 Å². The minimum absolute atomic E-state index is 0.109. The zero-order valence-electron chi connectivity index (χ0n) is 11.7. The highest BCUT2D eigenvalue weighted by molar-refractivity contribution is 5.19. The van der Waals surface area contributed by atoms with Crippen molar-refractivity contribution in [1.82, 2.24) is 5.32 Å². The molecule has 0 heterocycles. The first-order valence-electron chi connectivity index (χ1n) is 7.77. The maximum Gasteiger partial charge on any atom is 0.123 e. The van der Waals surface area contributed by atoms with Crippen LogP contribution < -0.4 is 5.32 Å². The van der Waals surface area contributed by atoms with Crippen LogP contribution in [0.4, 0.5) is 4.39 Å². The monoisotopic (exact) mass is 261 g/mol. The van der Waals surface area contributed by atoms with Crippen LogP contribution in [0.25, 0.3) is 0 Å². The first-order valence-corrected chi connectivity index (χ1v) is 7.77. The lowest BCUT2D eigenvalue weighted by Crippen LogP contribution is -2.35. The molecule has 1 N–H and O–H groups in total. The fourth-order valence-electron chi connectivity index (χ4n) is 4.07. The van der Waals surface area contributed by atoms with Gasteiger partial charge in [-0.15, -0.1) is 0 Å². The molecular formula is C17H24FN. The van der Waals surface area contributed by atoms with E-state index < -0.39 is 0 Å². The van der Waals surface area contributed by atoms with E-state index in [0.717, 1.165) is 36.3 Å². The van der Waals surface area contributed by atoms with Crippen molar-refractivity contribution in [2.75, 3.05) is 6.54 Å². The van der Waals surface area contributed by atoms with Gasteiger partial charge in [0.1, 0.15) is 5.82 Å². The summed E-state index contributed by atoms with van der Waals surface area (Å²) in [4.78, 5) is 0. The van der Waals surface area contributed by atoms with E-state index in [9.17, 15) is 4.39 Å². The van der Waals surface area contributed by atoms with Crippen LogP contribution in [0, 0.1) is 23.6 Å². The van der Waals surface area contributed by atoms with Crippen molar-refractivity contribution in [3.05, 3.63) is 35.6 Å². The zero-order chi connectivity index (χ0) is 13.2. The summed E-state index contributed by atoms with van der Waals surface area (Å²) in [5.41, 5.74) is 1.14. The first-order chi connectivity index (χ1) is 9.29. The molecule has 0 bridgehead atoms. The Hall–Kier alpha value is -0.890. The van der Waals surface area contributed by atoms with Gasteiger partial charge in [-0.1, -0.05) is 25.5 Å². The predicted molar refractivity (Wildman–Crippen MR) is 76.5 cm³/mol. The molecule has 0 aromatic heterocycles. The van der Waals surface area contributed by atoms with E-state index in [1.807, 2.05) is 6.07 Å². The minimum atomic E-state index is -0.109. The van der Waals surface area contributed by atoms with Gasteiger partial charge >= 0.3 is 0 Å². The molecule has 0 aliphatic heterocycles. The Kier molecular flexibility index (Phi) is 3.88. The van der Waals surface area contributed by atoms with Crippen LogP contribution in [-0.4, -0.2) is 12.6 Å². The second kappa shape index (κ2) is 5.62. The molecule has 3 rings (SSSR count). The van der Waals surface area contributed by atoms with Crippen molar-refractivity contribution in [2.45, 2.75) is 45.1 Å². The molecule has 0 spiro atoms. The van der Waals surface area contributed by atoms with Crippen LogP contribution in [0.1, 0.15) is 38.2 Å². The van der Waals surface area contributed by atoms with Crippen LogP contribution in [0.15, 0.2) is 24.3 Å². The number of rotatable bonds is 6. The Labute approximate surface area is 115 Å². The smallest absolute Gasteiger partial charge is 0.123 e. The molecule has 3 unspecified atom stereocenters. The second-order valence-corrected chi connectivity index (χ2v) is 6.23. The summed E-state index contributed by atoms with van der Waals surface area (Å²) in [5.74, 6) is 2.66. The van der Waals surface area contributed by atoms with Crippen LogP contribution in [0.5, 0.6) is 0 Å². The summed E-state index contributed by atoms with van der Waals surface area (Å²) >= 11 is 0. The number of halogens is 1. The number of hydrogen-bond acceptors (Lipinski definition) is 1. The third-order valence-corrected chi connectivity index (χ3v) is 4.94. The Balaban J connectivity index is 1.66. The van der Waals surface area contributed by atoms with Gasteiger partial charge < -0.3 is 5.32 Å². The van der Waals surface area contributed by atoms with Gasteiger partial charge in [-0.3, -0.25) is 0 Å². The van der Waals surface area contributed by atoms with E-state index in [1.165, 1.54) is 31.7 Å². The van der Waals surface area contributed by atoms with Gasteiger partial charge in [0.05, 0.1) is 0 Å². The molecule has 0 amide bonds. The molecule has 19 heavy (non-hydrogen) atoms. The highest BCUT2D eigenvalue weighted by atomic mass is 19.1. The van der Waals surface area contributed by atoms with Crippen LogP contribution in [0.2, 0.25) is 0 Å². The van der Waals surface area contributed by atoms with Crippen molar-refractivity contribution in [3.8, 4) is 0 Å². The molecule has 2 heteroatoms. The third kappa shape index (κ3) is 2.84. The quantitative estimate of drug-likeness (QED) is 0.821. The second-order valence-electron chi connectivity index (χ2n) is 6.23. The van der Waals surface area contributed by atoms with Crippen LogP contribution >= 0.6 is 0 Å². The van der Waals surface area contributed by atoms with E-state index >= 15 is 0 Å². The number of benzene rings is 1. The van der Waals surface area contributed by atoms with Crippen LogP contribution in [0.3, 0.4) is 0 Å². The fourth-order valence-corrected chi connectivity index (χ4v) is 4.07. The van der Waals surface area contributed by atoms with Crippen LogP contribution in [-0.2, 0) is 6.42 Å². The molecule has 104 valence electrons. The Morgan fingerprint density at radius 2 is 2.11 bits per heavy atom. The maximum atomic E-state index is 13.3. The van der Waals surface area contributed by atoms with Crippen molar-refractivity contribution < 1.29 is 4.39 Å². The first kappa shape index (κ1) is 13.1. The minimum Gasteiger partial charge on any atom is -0.313 e. The number of hydrogen-bond donors (Lipinski definition) is 1. The van der Waals surface area contributed by atoms with E-state index in [1.54, 1.807) is 6.07 Å². The molecule has 2 aliphatic rings. The molecule has 1 aromatic carbocycles. The van der Waals surface area contributed by atoms with Gasteiger partial charge in [0.25, 0.3) is 0 Å². The molecule has 2 aliphatic carbocycles. The summed E-state index contributed by atoms with van der Waals surface area (Å²) in [7, 11) is 0. The van der Waals surface area contributed by atoms with Crippen molar-refractivity contribution in [2.24, 2.45) is 17.8 Å². The maximum absolute atomic E-state index is 13.3. The SMILES string of the molecule is CCCNC(Cc1cccc(F)c1)C1C2CCCC21. The van der Waals surface area contributed by atoms with Gasteiger partial charge in [-0.2, -0.15) is 0 Å². The molecular weight excluding hydrogens is 237 g/mol. The standard InChI is InChI=1S/C17H24FN/c1-2-9-19-16(17-14-7-4-8-15(14)17)11-12-5-3-6-13(18)10-12/h3,5-6,10,14-17,19H,2,4,7-9,11H2,1H3. The van der Waals surface area contributed by atoms with E-state index in [0.29, 0.717) is 6.04 Å². The molecule has 1 nitrogen and oxygen atoms in total. The molecule has 0 saturated heterocycles. The molecule has 0 radical (unpaired) electrons. The highest BCUT2D eigenvalue weighted by Gasteiger charge is 2.55. The largest absolute Gasteiger partial charge is 0.313 e. The predicted octanol–water partition coefficient (Wildman–Crippen LogP) is 3.78. The molecule has 2 saturated carbocycles. The molecule has 2 fully saturated rings. The topological polar surface area (TPSA) is 12.0 Å². The average Bonchev–Trinajstić information content (AvgIpc) is 2.87. The lowest BCUT2D eigenvalue weighted by molar-refractivity contribution is 0.403. The lowest BCUT2D eigenvalue weighted by Gasteiger charge is -2.20. The van der Waals surface area contributed by atoms with Crippen molar-refractivity contribution >= 4 is 0 Å². The van der Waals surface area contributed by atoms with E-state index in [-0.39, 0.29) is 5.82 Å². The Bertz CT molecular complexity index is 421. The van der Waals surface area contributed by atoms with Crippen molar-refractivity contribution in [3.63, 3.8) is 0 Å². The molecule has 3 atom stereocenters. The highest BCUT2D eigenvalue weighted by Crippen LogP contribution is 2.59. The summed E-state index contributed by atoms with van der Waals surface area (Å²) in [6.07, 6.45) is 6.41. The van der Waals surface area contributed by atoms with E-state index in [4.69, 9.17) is 0 Å².